The summed E-state index contributed by atoms with van der Waals surface area (Å²) in [5, 5.41) is 9.07. The summed E-state index contributed by atoms with van der Waals surface area (Å²) in [6.45, 7) is 0.474. The van der Waals surface area contributed by atoms with Gasteiger partial charge in [-0.15, -0.1) is 0 Å². The van der Waals surface area contributed by atoms with Crippen LogP contribution >= 0.6 is 0 Å². The van der Waals surface area contributed by atoms with Crippen LogP contribution < -0.4 is 4.90 Å². The normalized spacial score (nSPS) is 19.2. The lowest BCUT2D eigenvalue weighted by Crippen LogP contribution is -2.30. The lowest BCUT2D eigenvalue weighted by Gasteiger charge is -2.17. The number of carbonyl (C=O) groups is 2. The highest BCUT2D eigenvalue weighted by Crippen LogP contribution is 2.39. The van der Waals surface area contributed by atoms with Crippen LogP contribution in [0, 0.1) is 5.92 Å². The third-order valence-corrected chi connectivity index (χ3v) is 4.59. The van der Waals surface area contributed by atoms with Gasteiger partial charge in [0, 0.05) is 12.2 Å². The van der Waals surface area contributed by atoms with E-state index in [0.29, 0.717) is 13.0 Å². The number of amides is 1. The molecule has 22 heavy (non-hydrogen) atoms. The van der Waals surface area contributed by atoms with Crippen LogP contribution in [0.4, 0.5) is 5.69 Å². The van der Waals surface area contributed by atoms with Gasteiger partial charge in [0.15, 0.2) is 0 Å². The second-order valence-electron chi connectivity index (χ2n) is 5.84. The second-order valence-corrected chi connectivity index (χ2v) is 5.84. The minimum absolute atomic E-state index is 0.303. The van der Waals surface area contributed by atoms with Gasteiger partial charge >= 0.3 is 5.97 Å². The van der Waals surface area contributed by atoms with Crippen LogP contribution in [0.2, 0.25) is 0 Å². The number of rotatable bonds is 2. The summed E-state index contributed by atoms with van der Waals surface area (Å²) in [4.78, 5) is 24.9. The van der Waals surface area contributed by atoms with Gasteiger partial charge in [-0.25, -0.2) is 0 Å². The van der Waals surface area contributed by atoms with Gasteiger partial charge in [0.25, 0.3) is 0 Å². The van der Waals surface area contributed by atoms with Crippen molar-refractivity contribution in [2.24, 2.45) is 5.92 Å². The van der Waals surface area contributed by atoms with Gasteiger partial charge in [-0.3, -0.25) is 9.59 Å². The Morgan fingerprint density at radius 3 is 2.64 bits per heavy atom. The van der Waals surface area contributed by atoms with Crippen molar-refractivity contribution >= 4 is 17.6 Å². The number of carbonyl (C=O) groups excluding carboxylic acids is 1. The van der Waals surface area contributed by atoms with Crippen molar-refractivity contribution in [3.05, 3.63) is 53.6 Å². The number of carboxylic acid groups (broad SMARTS) is 1. The number of hydrogen-bond donors (Lipinski definition) is 1. The van der Waals surface area contributed by atoms with Crippen LogP contribution in [-0.2, 0) is 16.0 Å². The maximum absolute atomic E-state index is 12.2. The smallest absolute Gasteiger partial charge is 0.316 e. The van der Waals surface area contributed by atoms with Crippen molar-refractivity contribution in [3.63, 3.8) is 0 Å². The van der Waals surface area contributed by atoms with Crippen molar-refractivity contribution < 1.29 is 14.7 Å². The molecule has 0 aromatic heterocycles. The van der Waals surface area contributed by atoms with Gasteiger partial charge in [-0.1, -0.05) is 30.3 Å². The molecule has 1 N–H and O–H groups in total. The van der Waals surface area contributed by atoms with Gasteiger partial charge in [-0.2, -0.15) is 0 Å². The molecule has 1 atom stereocenters. The van der Waals surface area contributed by atoms with E-state index >= 15 is 0 Å². The first-order valence-electron chi connectivity index (χ1n) is 7.40. The van der Waals surface area contributed by atoms with Crippen molar-refractivity contribution in [1.29, 1.82) is 0 Å². The van der Waals surface area contributed by atoms with E-state index in [-0.39, 0.29) is 5.91 Å². The summed E-state index contributed by atoms with van der Waals surface area (Å²) in [5.41, 5.74) is 5.76. The highest BCUT2D eigenvalue weighted by Gasteiger charge is 2.37. The van der Waals surface area contributed by atoms with Crippen LogP contribution in [0.1, 0.15) is 17.5 Å². The Morgan fingerprint density at radius 2 is 1.86 bits per heavy atom. The molecule has 1 amide bonds. The zero-order valence-electron chi connectivity index (χ0n) is 12.0. The fourth-order valence-corrected chi connectivity index (χ4v) is 3.46. The Morgan fingerprint density at radius 1 is 1.09 bits per heavy atom. The molecule has 0 saturated carbocycles. The molecule has 1 unspecified atom stereocenters. The fraction of sp³-hybridized carbons (Fsp3) is 0.222. The number of aliphatic carboxylic acids is 1. The van der Waals surface area contributed by atoms with Crippen LogP contribution in [0.25, 0.3) is 11.1 Å². The van der Waals surface area contributed by atoms with Crippen LogP contribution in [-0.4, -0.2) is 23.5 Å². The average Bonchev–Trinajstić information content (AvgIpc) is 3.06. The molecule has 1 aliphatic carbocycles. The summed E-state index contributed by atoms with van der Waals surface area (Å²) in [6, 6.07) is 14.3. The SMILES string of the molecule is O=C(O)C1CCN(c2ccc3c(c2)Cc2ccccc2-3)C1=O. The number of benzene rings is 2. The summed E-state index contributed by atoms with van der Waals surface area (Å²) in [5.74, 6) is -2.23. The highest BCUT2D eigenvalue weighted by atomic mass is 16.4. The number of carboxylic acids is 1. The number of hydrogen-bond acceptors (Lipinski definition) is 2. The topological polar surface area (TPSA) is 57.6 Å². The maximum Gasteiger partial charge on any atom is 0.316 e. The third kappa shape index (κ3) is 1.84. The first-order valence-corrected chi connectivity index (χ1v) is 7.40. The van der Waals surface area contributed by atoms with E-state index in [1.54, 1.807) is 4.90 Å². The summed E-state index contributed by atoms with van der Waals surface area (Å²) < 4.78 is 0. The molecule has 110 valence electrons. The first kappa shape index (κ1) is 13.1. The maximum atomic E-state index is 12.2. The van der Waals surface area contributed by atoms with E-state index in [9.17, 15) is 9.59 Å². The number of nitrogens with zero attached hydrogens (tertiary/aromatic N) is 1. The van der Waals surface area contributed by atoms with E-state index in [2.05, 4.69) is 12.1 Å². The zero-order chi connectivity index (χ0) is 15.3. The monoisotopic (exact) mass is 293 g/mol. The molecule has 2 aliphatic rings. The predicted octanol–water partition coefficient (Wildman–Crippen LogP) is 2.70. The minimum Gasteiger partial charge on any atom is -0.481 e. The summed E-state index contributed by atoms with van der Waals surface area (Å²) in [6.07, 6.45) is 1.25. The summed E-state index contributed by atoms with van der Waals surface area (Å²) in [7, 11) is 0. The standard InChI is InChI=1S/C18H15NO3/c20-17-16(18(21)22)7-8-19(17)13-5-6-15-12(10-13)9-11-3-1-2-4-14(11)15/h1-6,10,16H,7-9H2,(H,21,22). The van der Waals surface area contributed by atoms with Gasteiger partial charge < -0.3 is 10.0 Å². The number of fused-ring (bicyclic) bond motifs is 3. The molecule has 0 bridgehead atoms. The van der Waals surface area contributed by atoms with Crippen molar-refractivity contribution in [2.75, 3.05) is 11.4 Å². The molecule has 0 radical (unpaired) electrons. The zero-order valence-corrected chi connectivity index (χ0v) is 12.0. The van der Waals surface area contributed by atoms with Gasteiger partial charge in [0.1, 0.15) is 5.92 Å². The molecule has 1 heterocycles. The van der Waals surface area contributed by atoms with E-state index in [1.807, 2.05) is 30.3 Å². The predicted molar refractivity (Wildman–Crippen MR) is 82.8 cm³/mol. The van der Waals surface area contributed by atoms with E-state index in [4.69, 9.17) is 5.11 Å². The second kappa shape index (κ2) is 4.70. The molecule has 1 fully saturated rings. The molecule has 4 rings (SSSR count). The molecule has 1 aliphatic heterocycles. The first-order chi connectivity index (χ1) is 10.6. The van der Waals surface area contributed by atoms with Gasteiger partial charge in [-0.05, 0) is 47.2 Å². The van der Waals surface area contributed by atoms with Crippen LogP contribution in [0.15, 0.2) is 42.5 Å². The molecule has 2 aromatic carbocycles. The van der Waals surface area contributed by atoms with Crippen molar-refractivity contribution in [3.8, 4) is 11.1 Å². The fourth-order valence-electron chi connectivity index (χ4n) is 3.46. The Hall–Kier alpha value is -2.62. The van der Waals surface area contributed by atoms with Crippen molar-refractivity contribution in [1.82, 2.24) is 0 Å². The van der Waals surface area contributed by atoms with Gasteiger partial charge in [0.05, 0.1) is 0 Å². The highest BCUT2D eigenvalue weighted by molar-refractivity contribution is 6.07. The molecule has 4 heteroatoms. The van der Waals surface area contributed by atoms with E-state index in [0.717, 1.165) is 12.1 Å². The lowest BCUT2D eigenvalue weighted by atomic mass is 10.1. The molecular formula is C18H15NO3. The van der Waals surface area contributed by atoms with Crippen LogP contribution in [0.5, 0.6) is 0 Å². The molecule has 4 nitrogen and oxygen atoms in total. The Labute approximate surface area is 128 Å². The number of anilines is 1. The molecular weight excluding hydrogens is 278 g/mol. The van der Waals surface area contributed by atoms with Gasteiger partial charge in [0.2, 0.25) is 5.91 Å². The Kier molecular flexibility index (Phi) is 2.79. The average molecular weight is 293 g/mol. The Balaban J connectivity index is 1.68. The van der Waals surface area contributed by atoms with E-state index < -0.39 is 11.9 Å². The largest absolute Gasteiger partial charge is 0.481 e. The molecule has 1 saturated heterocycles. The lowest BCUT2D eigenvalue weighted by molar-refractivity contribution is -0.144. The summed E-state index contributed by atoms with van der Waals surface area (Å²) >= 11 is 0. The molecule has 0 spiro atoms. The van der Waals surface area contributed by atoms with Crippen LogP contribution in [0.3, 0.4) is 0 Å². The van der Waals surface area contributed by atoms with E-state index in [1.165, 1.54) is 22.3 Å². The third-order valence-electron chi connectivity index (χ3n) is 4.59. The Bertz CT molecular complexity index is 797. The minimum atomic E-state index is -1.03. The molecule has 2 aromatic rings. The van der Waals surface area contributed by atoms with Crippen molar-refractivity contribution in [2.45, 2.75) is 12.8 Å². The quantitative estimate of drug-likeness (QED) is 0.739.